The van der Waals surface area contributed by atoms with Gasteiger partial charge < -0.3 is 14.8 Å². The number of amides is 1. The second kappa shape index (κ2) is 6.55. The molecule has 0 spiro atoms. The van der Waals surface area contributed by atoms with Crippen molar-refractivity contribution < 1.29 is 4.79 Å². The lowest BCUT2D eigenvalue weighted by molar-refractivity contribution is 0.103. The normalized spacial score (nSPS) is 13.6. The maximum Gasteiger partial charge on any atom is 0.265 e. The SMILES string of the molecule is O=C(Nc1ccc(N2CCn3c(nc4ccccc43)C2)cc1)c1cccs1. The molecule has 2 aromatic heterocycles. The number of nitrogens with zero attached hydrogens (tertiary/aromatic N) is 3. The number of thiophene rings is 1. The van der Waals surface area contributed by atoms with Gasteiger partial charge in [0.1, 0.15) is 5.82 Å². The van der Waals surface area contributed by atoms with E-state index >= 15 is 0 Å². The molecular formula is C21H18N4OS. The van der Waals surface area contributed by atoms with Crippen LogP contribution in [0.3, 0.4) is 0 Å². The summed E-state index contributed by atoms with van der Waals surface area (Å²) in [5.74, 6) is 1.03. The van der Waals surface area contributed by atoms with Crippen molar-refractivity contribution in [2.45, 2.75) is 13.1 Å². The van der Waals surface area contributed by atoms with Gasteiger partial charge in [0.05, 0.1) is 22.5 Å². The number of aromatic nitrogens is 2. The van der Waals surface area contributed by atoms with Crippen molar-refractivity contribution in [2.24, 2.45) is 0 Å². The number of hydrogen-bond donors (Lipinski definition) is 1. The van der Waals surface area contributed by atoms with Crippen LogP contribution in [0.2, 0.25) is 0 Å². The lowest BCUT2D eigenvalue weighted by Gasteiger charge is -2.30. The van der Waals surface area contributed by atoms with E-state index in [1.165, 1.54) is 16.9 Å². The van der Waals surface area contributed by atoms with Crippen LogP contribution in [0.4, 0.5) is 11.4 Å². The van der Waals surface area contributed by atoms with Gasteiger partial charge in [-0.3, -0.25) is 4.79 Å². The Morgan fingerprint density at radius 2 is 1.85 bits per heavy atom. The first kappa shape index (κ1) is 16.1. The summed E-state index contributed by atoms with van der Waals surface area (Å²) in [5, 5.41) is 4.85. The van der Waals surface area contributed by atoms with Crippen molar-refractivity contribution in [1.29, 1.82) is 0 Å². The smallest absolute Gasteiger partial charge is 0.265 e. The minimum absolute atomic E-state index is 0.0653. The molecule has 1 N–H and O–H groups in total. The van der Waals surface area contributed by atoms with Crippen LogP contribution in [0, 0.1) is 0 Å². The summed E-state index contributed by atoms with van der Waals surface area (Å²) in [6.45, 7) is 2.65. The molecule has 5 nitrogen and oxygen atoms in total. The van der Waals surface area contributed by atoms with Crippen LogP contribution in [-0.2, 0) is 13.1 Å². The summed E-state index contributed by atoms with van der Waals surface area (Å²) in [6.07, 6.45) is 0. The first-order chi connectivity index (χ1) is 13.3. The van der Waals surface area contributed by atoms with Gasteiger partial charge in [-0.05, 0) is 47.8 Å². The molecule has 0 radical (unpaired) electrons. The number of para-hydroxylation sites is 2. The van der Waals surface area contributed by atoms with Crippen molar-refractivity contribution in [1.82, 2.24) is 9.55 Å². The van der Waals surface area contributed by atoms with E-state index in [0.717, 1.165) is 42.4 Å². The molecule has 0 bridgehead atoms. The summed E-state index contributed by atoms with van der Waals surface area (Å²) >= 11 is 1.44. The highest BCUT2D eigenvalue weighted by atomic mass is 32.1. The fourth-order valence-electron chi connectivity index (χ4n) is 3.54. The van der Waals surface area contributed by atoms with Crippen molar-refractivity contribution >= 4 is 39.7 Å². The number of rotatable bonds is 3. The van der Waals surface area contributed by atoms with Gasteiger partial charge in [0, 0.05) is 24.5 Å². The van der Waals surface area contributed by atoms with Crippen molar-refractivity contribution in [3.8, 4) is 0 Å². The van der Waals surface area contributed by atoms with E-state index in [1.807, 2.05) is 35.7 Å². The molecule has 0 atom stereocenters. The highest BCUT2D eigenvalue weighted by molar-refractivity contribution is 7.12. The second-order valence-electron chi connectivity index (χ2n) is 6.57. The molecule has 1 amide bonds. The Labute approximate surface area is 160 Å². The topological polar surface area (TPSA) is 50.2 Å². The number of carbonyl (C=O) groups excluding carboxylic acids is 1. The molecular weight excluding hydrogens is 356 g/mol. The Balaban J connectivity index is 1.33. The van der Waals surface area contributed by atoms with E-state index < -0.39 is 0 Å². The monoisotopic (exact) mass is 374 g/mol. The lowest BCUT2D eigenvalue weighted by Crippen LogP contribution is -2.33. The van der Waals surface area contributed by atoms with Crippen LogP contribution in [0.1, 0.15) is 15.5 Å². The van der Waals surface area contributed by atoms with Crippen LogP contribution < -0.4 is 10.2 Å². The lowest BCUT2D eigenvalue weighted by atomic mass is 10.2. The van der Waals surface area contributed by atoms with Crippen LogP contribution in [0.15, 0.2) is 66.0 Å². The Bertz CT molecular complexity index is 1100. The van der Waals surface area contributed by atoms with E-state index in [2.05, 4.69) is 45.1 Å². The van der Waals surface area contributed by atoms with Crippen molar-refractivity contribution in [3.05, 3.63) is 76.7 Å². The molecule has 5 rings (SSSR count). The first-order valence-corrected chi connectivity index (χ1v) is 9.80. The van der Waals surface area contributed by atoms with Gasteiger partial charge in [0.15, 0.2) is 0 Å². The maximum absolute atomic E-state index is 12.2. The number of benzene rings is 2. The van der Waals surface area contributed by atoms with E-state index in [9.17, 15) is 4.79 Å². The zero-order valence-electron chi connectivity index (χ0n) is 14.6. The molecule has 0 saturated carbocycles. The Hall–Kier alpha value is -3.12. The molecule has 1 aliphatic rings. The van der Waals surface area contributed by atoms with E-state index in [-0.39, 0.29) is 5.91 Å². The van der Waals surface area contributed by atoms with Gasteiger partial charge in [0.25, 0.3) is 5.91 Å². The summed E-state index contributed by atoms with van der Waals surface area (Å²) in [4.78, 5) is 20.0. The van der Waals surface area contributed by atoms with Crippen LogP contribution >= 0.6 is 11.3 Å². The predicted octanol–water partition coefficient (Wildman–Crippen LogP) is 4.37. The summed E-state index contributed by atoms with van der Waals surface area (Å²) in [5.41, 5.74) is 4.21. The van der Waals surface area contributed by atoms with Gasteiger partial charge >= 0.3 is 0 Å². The largest absolute Gasteiger partial charge is 0.362 e. The number of carbonyl (C=O) groups is 1. The molecule has 4 aromatic rings. The first-order valence-electron chi connectivity index (χ1n) is 8.92. The minimum Gasteiger partial charge on any atom is -0.362 e. The minimum atomic E-state index is -0.0653. The molecule has 27 heavy (non-hydrogen) atoms. The third-order valence-electron chi connectivity index (χ3n) is 4.89. The van der Waals surface area contributed by atoms with Crippen LogP contribution in [-0.4, -0.2) is 22.0 Å². The third-order valence-corrected chi connectivity index (χ3v) is 5.76. The third kappa shape index (κ3) is 2.98. The van der Waals surface area contributed by atoms with E-state index in [4.69, 9.17) is 4.98 Å². The van der Waals surface area contributed by atoms with Gasteiger partial charge in [-0.2, -0.15) is 0 Å². The van der Waals surface area contributed by atoms with E-state index in [1.54, 1.807) is 0 Å². The number of nitrogens with one attached hydrogen (secondary N) is 1. The zero-order chi connectivity index (χ0) is 18.2. The average molecular weight is 374 g/mol. The van der Waals surface area contributed by atoms with Gasteiger partial charge in [-0.15, -0.1) is 11.3 Å². The predicted molar refractivity (Wildman–Crippen MR) is 109 cm³/mol. The Morgan fingerprint density at radius 3 is 2.67 bits per heavy atom. The number of anilines is 2. The molecule has 0 unspecified atom stereocenters. The van der Waals surface area contributed by atoms with Crippen LogP contribution in [0.5, 0.6) is 0 Å². The second-order valence-corrected chi connectivity index (χ2v) is 7.52. The van der Waals surface area contributed by atoms with Gasteiger partial charge in [0.2, 0.25) is 0 Å². The fourth-order valence-corrected chi connectivity index (χ4v) is 4.16. The molecule has 3 heterocycles. The molecule has 134 valence electrons. The Kier molecular flexibility index (Phi) is 3.90. The molecule has 0 fully saturated rings. The number of imidazole rings is 1. The summed E-state index contributed by atoms with van der Waals surface area (Å²) in [6, 6.07) is 20.0. The zero-order valence-corrected chi connectivity index (χ0v) is 15.4. The molecule has 2 aromatic carbocycles. The molecule has 1 aliphatic heterocycles. The van der Waals surface area contributed by atoms with Gasteiger partial charge in [-0.1, -0.05) is 18.2 Å². The summed E-state index contributed by atoms with van der Waals surface area (Å²) in [7, 11) is 0. The van der Waals surface area contributed by atoms with Crippen LogP contribution in [0.25, 0.3) is 11.0 Å². The standard InChI is InChI=1S/C21H18N4OS/c26-21(19-6-3-13-27-19)22-15-7-9-16(10-8-15)24-11-12-25-18-5-2-1-4-17(18)23-20(25)14-24/h1-10,13H,11-12,14H2,(H,22,26). The fraction of sp³-hybridized carbons (Fsp3) is 0.143. The van der Waals surface area contributed by atoms with Crippen molar-refractivity contribution in [2.75, 3.05) is 16.8 Å². The summed E-state index contributed by atoms with van der Waals surface area (Å²) < 4.78 is 2.31. The average Bonchev–Trinajstić information content (AvgIpc) is 3.36. The van der Waals surface area contributed by atoms with Gasteiger partial charge in [-0.25, -0.2) is 4.98 Å². The van der Waals surface area contributed by atoms with E-state index in [0.29, 0.717) is 4.88 Å². The molecule has 0 aliphatic carbocycles. The molecule has 6 heteroatoms. The number of hydrogen-bond acceptors (Lipinski definition) is 4. The van der Waals surface area contributed by atoms with Crippen molar-refractivity contribution in [3.63, 3.8) is 0 Å². The Morgan fingerprint density at radius 1 is 1.00 bits per heavy atom. The highest BCUT2D eigenvalue weighted by Gasteiger charge is 2.20. The quantitative estimate of drug-likeness (QED) is 0.579. The maximum atomic E-state index is 12.2. The molecule has 0 saturated heterocycles. The number of fused-ring (bicyclic) bond motifs is 3. The highest BCUT2D eigenvalue weighted by Crippen LogP contribution is 2.26.